The molecule has 0 heterocycles. The van der Waals surface area contributed by atoms with E-state index in [2.05, 4.69) is 0 Å². The van der Waals surface area contributed by atoms with Gasteiger partial charge in [-0.15, -0.1) is 0 Å². The van der Waals surface area contributed by atoms with Gasteiger partial charge in [0.2, 0.25) is 0 Å². The molecular formula is C19H22O3. The molecule has 0 aliphatic rings. The molecule has 0 saturated carbocycles. The number of hydrogen-bond acceptors (Lipinski definition) is 3. The number of carbonyl (C=O) groups is 1. The Morgan fingerprint density at radius 3 is 2.14 bits per heavy atom. The van der Waals surface area contributed by atoms with Crippen molar-refractivity contribution in [3.05, 3.63) is 71.8 Å². The minimum atomic E-state index is -0.520. The van der Waals surface area contributed by atoms with E-state index in [0.717, 1.165) is 5.56 Å². The fourth-order valence-corrected chi connectivity index (χ4v) is 2.45. The van der Waals surface area contributed by atoms with Crippen LogP contribution in [0.25, 0.3) is 0 Å². The van der Waals surface area contributed by atoms with E-state index in [1.165, 1.54) is 0 Å². The van der Waals surface area contributed by atoms with Crippen LogP contribution < -0.4 is 0 Å². The highest BCUT2D eigenvalue weighted by atomic mass is 16.5. The van der Waals surface area contributed by atoms with Gasteiger partial charge in [-0.1, -0.05) is 62.4 Å². The van der Waals surface area contributed by atoms with Gasteiger partial charge < -0.3 is 9.84 Å². The maximum Gasteiger partial charge on any atom is 0.338 e. The molecule has 0 aliphatic carbocycles. The highest BCUT2D eigenvalue weighted by Crippen LogP contribution is 2.30. The molecule has 3 nitrogen and oxygen atoms in total. The fourth-order valence-electron chi connectivity index (χ4n) is 2.45. The second-order valence-corrected chi connectivity index (χ2v) is 5.44. The summed E-state index contributed by atoms with van der Waals surface area (Å²) in [7, 11) is 0. The molecule has 0 aliphatic heterocycles. The van der Waals surface area contributed by atoms with Crippen LogP contribution in [0.3, 0.4) is 0 Å². The van der Waals surface area contributed by atoms with Gasteiger partial charge in [0.05, 0.1) is 11.7 Å². The Hall–Kier alpha value is -2.13. The van der Waals surface area contributed by atoms with E-state index in [9.17, 15) is 9.90 Å². The molecule has 2 aromatic carbocycles. The zero-order valence-corrected chi connectivity index (χ0v) is 13.0. The Bertz CT molecular complexity index is 580. The third kappa shape index (κ3) is 3.95. The molecule has 0 amide bonds. The molecule has 0 fully saturated rings. The maximum atomic E-state index is 12.3. The van der Waals surface area contributed by atoms with Crippen LogP contribution in [0.15, 0.2) is 60.7 Å². The number of aliphatic hydroxyl groups is 1. The van der Waals surface area contributed by atoms with Crippen molar-refractivity contribution in [2.45, 2.75) is 32.5 Å². The molecule has 3 heteroatoms. The molecule has 116 valence electrons. The van der Waals surface area contributed by atoms with Crippen molar-refractivity contribution in [3.8, 4) is 0 Å². The molecule has 22 heavy (non-hydrogen) atoms. The fraction of sp³-hybridized carbons (Fsp3) is 0.316. The first kappa shape index (κ1) is 16.2. The molecule has 0 aromatic heterocycles. The zero-order valence-electron chi connectivity index (χ0n) is 13.0. The smallest absolute Gasteiger partial charge is 0.338 e. The standard InChI is InChI=1S/C19H22O3/c1-3-17(20)14(2)18(15-10-6-4-7-11-15)22-19(21)16-12-8-5-9-13-16/h4-14,17-18,20H,3H2,1-2H3/t14-,17-,18-/m0/s1. The lowest BCUT2D eigenvalue weighted by Crippen LogP contribution is -2.27. The van der Waals surface area contributed by atoms with Gasteiger partial charge in [-0.05, 0) is 24.1 Å². The molecular weight excluding hydrogens is 276 g/mol. The lowest BCUT2D eigenvalue weighted by atomic mass is 9.91. The third-order valence-electron chi connectivity index (χ3n) is 3.87. The predicted molar refractivity (Wildman–Crippen MR) is 86.5 cm³/mol. The molecule has 2 rings (SSSR count). The summed E-state index contributed by atoms with van der Waals surface area (Å²) < 4.78 is 5.71. The first-order chi connectivity index (χ1) is 10.6. The number of benzene rings is 2. The Morgan fingerprint density at radius 1 is 1.05 bits per heavy atom. The van der Waals surface area contributed by atoms with Crippen LogP contribution in [0.5, 0.6) is 0 Å². The lowest BCUT2D eigenvalue weighted by molar-refractivity contribution is -0.0154. The summed E-state index contributed by atoms with van der Waals surface area (Å²) in [5, 5.41) is 10.2. The highest BCUT2D eigenvalue weighted by Gasteiger charge is 2.28. The second-order valence-electron chi connectivity index (χ2n) is 5.44. The summed E-state index contributed by atoms with van der Waals surface area (Å²) in [6.07, 6.45) is -0.370. The highest BCUT2D eigenvalue weighted by molar-refractivity contribution is 5.89. The lowest BCUT2D eigenvalue weighted by Gasteiger charge is -2.27. The van der Waals surface area contributed by atoms with Crippen molar-refractivity contribution in [2.75, 3.05) is 0 Å². The average molecular weight is 298 g/mol. The Morgan fingerprint density at radius 2 is 1.59 bits per heavy atom. The second kappa shape index (κ2) is 7.76. The van der Waals surface area contributed by atoms with E-state index in [1.807, 2.05) is 50.2 Å². The Labute approximate surface area is 131 Å². The number of aliphatic hydroxyl groups excluding tert-OH is 1. The van der Waals surface area contributed by atoms with Gasteiger partial charge in [0, 0.05) is 5.92 Å². The van der Waals surface area contributed by atoms with E-state index >= 15 is 0 Å². The molecule has 0 radical (unpaired) electrons. The van der Waals surface area contributed by atoms with Gasteiger partial charge >= 0.3 is 5.97 Å². The quantitative estimate of drug-likeness (QED) is 0.820. The van der Waals surface area contributed by atoms with Crippen LogP contribution in [0.4, 0.5) is 0 Å². The van der Waals surface area contributed by atoms with Gasteiger partial charge in [-0.25, -0.2) is 4.79 Å². The Balaban J connectivity index is 2.23. The van der Waals surface area contributed by atoms with Crippen LogP contribution in [0.1, 0.15) is 42.3 Å². The van der Waals surface area contributed by atoms with Crippen molar-refractivity contribution < 1.29 is 14.6 Å². The topological polar surface area (TPSA) is 46.5 Å². The van der Waals surface area contributed by atoms with Crippen molar-refractivity contribution in [1.82, 2.24) is 0 Å². The van der Waals surface area contributed by atoms with Gasteiger partial charge in [0.15, 0.2) is 0 Å². The van der Waals surface area contributed by atoms with E-state index in [4.69, 9.17) is 4.74 Å². The van der Waals surface area contributed by atoms with E-state index in [-0.39, 0.29) is 11.9 Å². The zero-order chi connectivity index (χ0) is 15.9. The summed E-state index contributed by atoms with van der Waals surface area (Å²) in [5.41, 5.74) is 1.41. The number of ether oxygens (including phenoxy) is 1. The predicted octanol–water partition coefficient (Wildman–Crippen LogP) is 3.99. The molecule has 1 N–H and O–H groups in total. The van der Waals surface area contributed by atoms with Crippen molar-refractivity contribution in [2.24, 2.45) is 5.92 Å². The van der Waals surface area contributed by atoms with E-state index in [0.29, 0.717) is 12.0 Å². The van der Waals surface area contributed by atoms with Gasteiger partial charge in [0.1, 0.15) is 6.10 Å². The van der Waals surface area contributed by atoms with E-state index < -0.39 is 12.2 Å². The van der Waals surface area contributed by atoms with Gasteiger partial charge in [-0.3, -0.25) is 0 Å². The summed E-state index contributed by atoms with van der Waals surface area (Å²) >= 11 is 0. The van der Waals surface area contributed by atoms with Crippen LogP contribution in [-0.4, -0.2) is 17.2 Å². The largest absolute Gasteiger partial charge is 0.454 e. The number of hydrogen-bond donors (Lipinski definition) is 1. The van der Waals surface area contributed by atoms with Crippen LogP contribution in [0.2, 0.25) is 0 Å². The summed E-state index contributed by atoms with van der Waals surface area (Å²) in [6.45, 7) is 3.83. The first-order valence-electron chi connectivity index (χ1n) is 7.62. The van der Waals surface area contributed by atoms with Gasteiger partial charge in [-0.2, -0.15) is 0 Å². The number of carbonyl (C=O) groups excluding carboxylic acids is 1. The first-order valence-corrected chi connectivity index (χ1v) is 7.62. The van der Waals surface area contributed by atoms with Crippen molar-refractivity contribution in [1.29, 1.82) is 0 Å². The normalized spacial score (nSPS) is 14.9. The van der Waals surface area contributed by atoms with Crippen LogP contribution in [-0.2, 0) is 4.74 Å². The van der Waals surface area contributed by atoms with E-state index in [1.54, 1.807) is 24.3 Å². The minimum absolute atomic E-state index is 0.180. The molecule has 2 aromatic rings. The molecule has 0 bridgehead atoms. The Kier molecular flexibility index (Phi) is 5.73. The average Bonchev–Trinajstić information content (AvgIpc) is 2.59. The van der Waals surface area contributed by atoms with Gasteiger partial charge in [0.25, 0.3) is 0 Å². The van der Waals surface area contributed by atoms with Crippen molar-refractivity contribution >= 4 is 5.97 Å². The molecule has 0 spiro atoms. The van der Waals surface area contributed by atoms with Crippen molar-refractivity contribution in [3.63, 3.8) is 0 Å². The summed E-state index contributed by atoms with van der Waals surface area (Å²) in [4.78, 5) is 12.3. The summed E-state index contributed by atoms with van der Waals surface area (Å²) in [5.74, 6) is -0.551. The maximum absolute atomic E-state index is 12.3. The minimum Gasteiger partial charge on any atom is -0.454 e. The SMILES string of the molecule is CC[C@H](O)[C@H](C)[C@H](OC(=O)c1ccccc1)c1ccccc1. The third-order valence-corrected chi connectivity index (χ3v) is 3.87. The number of esters is 1. The molecule has 3 atom stereocenters. The summed E-state index contributed by atoms with van der Waals surface area (Å²) in [6, 6.07) is 18.5. The number of rotatable bonds is 6. The molecule has 0 unspecified atom stereocenters. The molecule has 0 saturated heterocycles. The van der Waals surface area contributed by atoms with Crippen LogP contribution >= 0.6 is 0 Å². The van der Waals surface area contributed by atoms with Crippen LogP contribution in [0, 0.1) is 5.92 Å². The monoisotopic (exact) mass is 298 g/mol.